The lowest BCUT2D eigenvalue weighted by Gasteiger charge is -2.25. The third-order valence-electron chi connectivity index (χ3n) is 4.09. The first-order valence-corrected chi connectivity index (χ1v) is 6.95. The highest BCUT2D eigenvalue weighted by Crippen LogP contribution is 2.40. The molecule has 2 rings (SSSR count). The molecule has 1 aromatic carbocycles. The molecule has 1 fully saturated rings. The summed E-state index contributed by atoms with van der Waals surface area (Å²) in [6.45, 7) is 4.04. The van der Waals surface area contributed by atoms with Crippen LogP contribution in [0.1, 0.15) is 24.5 Å². The fourth-order valence-corrected chi connectivity index (χ4v) is 2.42. The van der Waals surface area contributed by atoms with Crippen molar-refractivity contribution in [2.24, 2.45) is 11.8 Å². The molecule has 0 radical (unpaired) electrons. The zero-order valence-electron chi connectivity index (χ0n) is 12.2. The van der Waals surface area contributed by atoms with Gasteiger partial charge >= 0.3 is 5.97 Å². The first-order valence-electron chi connectivity index (χ1n) is 6.95. The average molecular weight is 275 g/mol. The molecular weight excluding hydrogens is 254 g/mol. The predicted octanol–water partition coefficient (Wildman–Crippen LogP) is 2.11. The number of carbonyl (C=O) groups excluding carboxylic acids is 1. The number of carboxylic acid groups (broad SMARTS) is 1. The molecule has 0 heterocycles. The molecule has 1 saturated carbocycles. The molecule has 108 valence electrons. The van der Waals surface area contributed by atoms with E-state index >= 15 is 0 Å². The molecule has 0 saturated heterocycles. The summed E-state index contributed by atoms with van der Waals surface area (Å²) in [7, 11) is 1.76. The highest BCUT2D eigenvalue weighted by molar-refractivity contribution is 5.89. The quantitative estimate of drug-likeness (QED) is 0.895. The second kappa shape index (κ2) is 5.65. The second-order valence-electron chi connectivity index (χ2n) is 5.77. The van der Waals surface area contributed by atoms with Crippen molar-refractivity contribution in [1.82, 2.24) is 4.90 Å². The molecular formula is C16H21NO3. The van der Waals surface area contributed by atoms with Gasteiger partial charge in [0.2, 0.25) is 5.91 Å². The van der Waals surface area contributed by atoms with Gasteiger partial charge in [-0.25, -0.2) is 0 Å². The first kappa shape index (κ1) is 14.6. The molecule has 1 N–H and O–H groups in total. The summed E-state index contributed by atoms with van der Waals surface area (Å²) in [6, 6.07) is 8.33. The predicted molar refractivity (Wildman–Crippen MR) is 76.3 cm³/mol. The summed E-state index contributed by atoms with van der Waals surface area (Å²) in [5, 5.41) is 8.88. The Hall–Kier alpha value is -1.84. The summed E-state index contributed by atoms with van der Waals surface area (Å²) in [4.78, 5) is 24.7. The number of hydrogen-bond donors (Lipinski definition) is 1. The summed E-state index contributed by atoms with van der Waals surface area (Å²) in [5.74, 6) is -1.70. The Morgan fingerprint density at radius 1 is 1.30 bits per heavy atom. The number of rotatable bonds is 5. The Morgan fingerprint density at radius 3 is 2.40 bits per heavy atom. The van der Waals surface area contributed by atoms with Crippen LogP contribution >= 0.6 is 0 Å². The van der Waals surface area contributed by atoms with Crippen LogP contribution in [0.25, 0.3) is 0 Å². The highest BCUT2D eigenvalue weighted by Gasteiger charge is 2.49. The number of aryl methyl sites for hydroxylation is 1. The molecule has 20 heavy (non-hydrogen) atoms. The zero-order valence-corrected chi connectivity index (χ0v) is 12.2. The summed E-state index contributed by atoms with van der Waals surface area (Å²) >= 11 is 0. The van der Waals surface area contributed by atoms with E-state index in [0.29, 0.717) is 6.42 Å². The minimum absolute atomic E-state index is 0.0444. The molecule has 0 aliphatic heterocycles. The standard InChI is InChI=1S/C16H21NO3/c1-10-4-6-12(7-5-10)8-11(2)17(3)15(18)13-9-14(13)16(19)20/h4-7,11,13-14H,8-9H2,1-3H3,(H,19,20). The van der Waals surface area contributed by atoms with Crippen molar-refractivity contribution in [2.45, 2.75) is 32.7 Å². The van der Waals surface area contributed by atoms with Crippen molar-refractivity contribution >= 4 is 11.9 Å². The van der Waals surface area contributed by atoms with Gasteiger partial charge in [0.05, 0.1) is 11.8 Å². The van der Waals surface area contributed by atoms with Crippen LogP contribution in [0.3, 0.4) is 0 Å². The Kier molecular flexibility index (Phi) is 4.12. The summed E-state index contributed by atoms with van der Waals surface area (Å²) < 4.78 is 0. The van der Waals surface area contributed by atoms with Crippen molar-refractivity contribution in [2.75, 3.05) is 7.05 Å². The Balaban J connectivity index is 1.92. The molecule has 0 spiro atoms. The lowest BCUT2D eigenvalue weighted by atomic mass is 10.0. The maximum absolute atomic E-state index is 12.2. The zero-order chi connectivity index (χ0) is 14.9. The van der Waals surface area contributed by atoms with Gasteiger partial charge in [-0.1, -0.05) is 29.8 Å². The van der Waals surface area contributed by atoms with Gasteiger partial charge in [-0.05, 0) is 32.3 Å². The van der Waals surface area contributed by atoms with E-state index in [9.17, 15) is 9.59 Å². The van der Waals surface area contributed by atoms with E-state index in [1.807, 2.05) is 13.8 Å². The molecule has 0 aromatic heterocycles. The third-order valence-corrected chi connectivity index (χ3v) is 4.09. The molecule has 0 bridgehead atoms. The number of aliphatic carboxylic acids is 1. The normalized spacial score (nSPS) is 22.1. The number of benzene rings is 1. The van der Waals surface area contributed by atoms with E-state index in [1.165, 1.54) is 11.1 Å². The van der Waals surface area contributed by atoms with Crippen molar-refractivity contribution in [1.29, 1.82) is 0 Å². The number of hydrogen-bond acceptors (Lipinski definition) is 2. The fourth-order valence-electron chi connectivity index (χ4n) is 2.42. The number of amides is 1. The minimum atomic E-state index is -0.858. The fraction of sp³-hybridized carbons (Fsp3) is 0.500. The van der Waals surface area contributed by atoms with Gasteiger partial charge in [-0.2, -0.15) is 0 Å². The van der Waals surface area contributed by atoms with E-state index in [4.69, 9.17) is 5.11 Å². The summed E-state index contributed by atoms with van der Waals surface area (Å²) in [5.41, 5.74) is 2.40. The number of carboxylic acids is 1. The second-order valence-corrected chi connectivity index (χ2v) is 5.77. The van der Waals surface area contributed by atoms with Gasteiger partial charge in [0.15, 0.2) is 0 Å². The SMILES string of the molecule is Cc1ccc(CC(C)N(C)C(=O)C2CC2C(=O)O)cc1. The number of carbonyl (C=O) groups is 2. The van der Waals surface area contributed by atoms with Crippen molar-refractivity contribution < 1.29 is 14.7 Å². The van der Waals surface area contributed by atoms with Crippen LogP contribution in [0.4, 0.5) is 0 Å². The Labute approximate surface area is 119 Å². The van der Waals surface area contributed by atoms with E-state index in [2.05, 4.69) is 24.3 Å². The highest BCUT2D eigenvalue weighted by atomic mass is 16.4. The molecule has 1 amide bonds. The van der Waals surface area contributed by atoms with Gasteiger partial charge < -0.3 is 10.0 Å². The average Bonchev–Trinajstić information content (AvgIpc) is 3.20. The molecule has 4 heteroatoms. The topological polar surface area (TPSA) is 57.6 Å². The molecule has 3 atom stereocenters. The maximum atomic E-state index is 12.2. The molecule has 1 aliphatic rings. The number of likely N-dealkylation sites (N-methyl/N-ethyl adjacent to an activating group) is 1. The molecule has 4 nitrogen and oxygen atoms in total. The molecule has 1 aromatic rings. The summed E-state index contributed by atoms with van der Waals surface area (Å²) in [6.07, 6.45) is 1.27. The van der Waals surface area contributed by atoms with E-state index < -0.39 is 11.9 Å². The van der Waals surface area contributed by atoms with E-state index in [0.717, 1.165) is 6.42 Å². The first-order chi connectivity index (χ1) is 9.40. The van der Waals surface area contributed by atoms with Crippen LogP contribution < -0.4 is 0 Å². The van der Waals surface area contributed by atoms with Crippen LogP contribution in [0.2, 0.25) is 0 Å². The minimum Gasteiger partial charge on any atom is -0.481 e. The monoisotopic (exact) mass is 275 g/mol. The molecule has 1 aliphatic carbocycles. The molecule has 3 unspecified atom stereocenters. The largest absolute Gasteiger partial charge is 0.481 e. The van der Waals surface area contributed by atoms with Gasteiger partial charge in [0, 0.05) is 13.1 Å². The van der Waals surface area contributed by atoms with Crippen LogP contribution in [-0.2, 0) is 16.0 Å². The van der Waals surface area contributed by atoms with Gasteiger partial charge in [-0.15, -0.1) is 0 Å². The van der Waals surface area contributed by atoms with Crippen LogP contribution in [0.5, 0.6) is 0 Å². The lowest BCUT2D eigenvalue weighted by Crippen LogP contribution is -2.38. The van der Waals surface area contributed by atoms with Crippen LogP contribution in [0, 0.1) is 18.8 Å². The number of nitrogens with zero attached hydrogens (tertiary/aromatic N) is 1. The Bertz CT molecular complexity index is 509. The van der Waals surface area contributed by atoms with Crippen molar-refractivity contribution in [3.8, 4) is 0 Å². The van der Waals surface area contributed by atoms with Gasteiger partial charge in [0.1, 0.15) is 0 Å². The van der Waals surface area contributed by atoms with Crippen molar-refractivity contribution in [3.63, 3.8) is 0 Å². The van der Waals surface area contributed by atoms with Crippen molar-refractivity contribution in [3.05, 3.63) is 35.4 Å². The van der Waals surface area contributed by atoms with E-state index in [-0.39, 0.29) is 17.9 Å². The van der Waals surface area contributed by atoms with Crippen LogP contribution in [-0.4, -0.2) is 35.0 Å². The lowest BCUT2D eigenvalue weighted by molar-refractivity contribution is -0.142. The third kappa shape index (κ3) is 3.18. The van der Waals surface area contributed by atoms with Gasteiger partial charge in [0.25, 0.3) is 0 Å². The maximum Gasteiger partial charge on any atom is 0.307 e. The smallest absolute Gasteiger partial charge is 0.307 e. The van der Waals surface area contributed by atoms with Crippen LogP contribution in [0.15, 0.2) is 24.3 Å². The van der Waals surface area contributed by atoms with Gasteiger partial charge in [-0.3, -0.25) is 9.59 Å². The van der Waals surface area contributed by atoms with E-state index in [1.54, 1.807) is 11.9 Å². The Morgan fingerprint density at radius 2 is 1.90 bits per heavy atom.